The maximum atomic E-state index is 12.4. The fraction of sp³-hybridized carbons (Fsp3) is 0.500. The number of rotatable bonds is 5. The van der Waals surface area contributed by atoms with Gasteiger partial charge in [-0.25, -0.2) is 0 Å². The first kappa shape index (κ1) is 12.9. The number of halogens is 3. The van der Waals surface area contributed by atoms with E-state index in [9.17, 15) is 12.9 Å². The van der Waals surface area contributed by atoms with Crippen LogP contribution in [0.25, 0.3) is 0 Å². The molecule has 1 heterocycles. The molecule has 0 aliphatic heterocycles. The first-order chi connectivity index (χ1) is 7.43. The first-order valence-electron chi connectivity index (χ1n) is 5.21. The van der Waals surface area contributed by atoms with Crippen LogP contribution in [-0.2, 0) is 0 Å². The third-order valence-electron chi connectivity index (χ3n) is 2.34. The Balaban J connectivity index is 2.68. The van der Waals surface area contributed by atoms with Crippen LogP contribution in [0, 0.1) is 5.92 Å². The molecular weight excluding hydrogens is 218 g/mol. The highest BCUT2D eigenvalue weighted by molar-refractivity contribution is 6.73. The van der Waals surface area contributed by atoms with Crippen LogP contribution >= 0.6 is 0 Å². The number of hydrogen-bond donors (Lipinski definition) is 0. The quantitative estimate of drug-likeness (QED) is 0.727. The van der Waals surface area contributed by atoms with Gasteiger partial charge in [-0.3, -0.25) is 4.98 Å². The lowest BCUT2D eigenvalue weighted by molar-refractivity contribution is 0.256. The molecule has 0 N–H and O–H groups in total. The second kappa shape index (κ2) is 5.23. The summed E-state index contributed by atoms with van der Waals surface area (Å²) in [6.45, 7) is -0.614. The normalized spacial score (nSPS) is 13.6. The number of ether oxygens (including phenoxy) is 1. The molecule has 0 aliphatic carbocycles. The van der Waals surface area contributed by atoms with Gasteiger partial charge in [-0.2, -0.15) is 0 Å². The molecule has 90 valence electrons. The van der Waals surface area contributed by atoms with Gasteiger partial charge < -0.3 is 17.7 Å². The molecule has 1 unspecified atom stereocenters. The van der Waals surface area contributed by atoms with Crippen molar-refractivity contribution in [2.24, 2.45) is 5.92 Å². The van der Waals surface area contributed by atoms with Gasteiger partial charge >= 0.3 is 6.98 Å². The van der Waals surface area contributed by atoms with Gasteiger partial charge in [0.15, 0.2) is 0 Å². The van der Waals surface area contributed by atoms with E-state index in [0.29, 0.717) is 12.5 Å². The van der Waals surface area contributed by atoms with Crippen molar-refractivity contribution < 1.29 is 17.7 Å². The summed E-state index contributed by atoms with van der Waals surface area (Å²) < 4.78 is 42.4. The molecule has 16 heavy (non-hydrogen) atoms. The monoisotopic (exact) mass is 232 g/mol. The van der Waals surface area contributed by atoms with Crippen molar-refractivity contribution in [2.75, 3.05) is 6.61 Å². The minimum absolute atomic E-state index is 0.178. The lowest BCUT2D eigenvalue weighted by Crippen LogP contribution is -2.34. The molecule has 0 amide bonds. The van der Waals surface area contributed by atoms with E-state index in [1.54, 1.807) is 0 Å². The van der Waals surface area contributed by atoms with E-state index < -0.39 is 12.4 Å². The standard InChI is InChI=1S/C10H14BF3NO/c1-3-8(2)7-16-10-4-9(5-15-6-10)11(12,13)14/h4-6,8H,3,7H2,1-2H3/q-1. The molecule has 0 radical (unpaired) electrons. The van der Waals surface area contributed by atoms with Crippen LogP contribution in [0.2, 0.25) is 0 Å². The second-order valence-corrected chi connectivity index (χ2v) is 3.85. The van der Waals surface area contributed by atoms with E-state index in [-0.39, 0.29) is 5.75 Å². The molecule has 1 aromatic rings. The highest BCUT2D eigenvalue weighted by Crippen LogP contribution is 2.14. The van der Waals surface area contributed by atoms with Gasteiger partial charge in [0.25, 0.3) is 0 Å². The highest BCUT2D eigenvalue weighted by atomic mass is 19.4. The lowest BCUT2D eigenvalue weighted by Gasteiger charge is -2.16. The van der Waals surface area contributed by atoms with Crippen molar-refractivity contribution in [1.82, 2.24) is 4.98 Å². The Bertz CT molecular complexity index is 343. The molecule has 1 aromatic heterocycles. The summed E-state index contributed by atoms with van der Waals surface area (Å²) in [6.07, 6.45) is 3.04. The van der Waals surface area contributed by atoms with E-state index in [0.717, 1.165) is 18.7 Å². The van der Waals surface area contributed by atoms with Crippen LogP contribution in [0.3, 0.4) is 0 Å². The molecule has 0 aliphatic rings. The summed E-state index contributed by atoms with van der Waals surface area (Å²) in [6, 6.07) is 0.995. The Morgan fingerprint density at radius 1 is 1.38 bits per heavy atom. The third kappa shape index (κ3) is 3.75. The molecule has 2 nitrogen and oxygen atoms in total. The average Bonchev–Trinajstić information content (AvgIpc) is 2.25. The average molecular weight is 232 g/mol. The van der Waals surface area contributed by atoms with Crippen molar-refractivity contribution in [3.8, 4) is 5.75 Å². The topological polar surface area (TPSA) is 22.1 Å². The number of hydrogen-bond acceptors (Lipinski definition) is 2. The zero-order valence-corrected chi connectivity index (χ0v) is 9.29. The molecule has 1 atom stereocenters. The molecule has 6 heteroatoms. The zero-order valence-electron chi connectivity index (χ0n) is 9.29. The lowest BCUT2D eigenvalue weighted by atomic mass is 9.81. The summed E-state index contributed by atoms with van der Waals surface area (Å²) in [5, 5.41) is 0. The van der Waals surface area contributed by atoms with Gasteiger partial charge in [-0.15, -0.1) is 0 Å². The fourth-order valence-corrected chi connectivity index (χ4v) is 1.05. The minimum atomic E-state index is -5.00. The highest BCUT2D eigenvalue weighted by Gasteiger charge is 2.26. The Hall–Kier alpha value is -1.20. The van der Waals surface area contributed by atoms with E-state index in [4.69, 9.17) is 4.74 Å². The second-order valence-electron chi connectivity index (χ2n) is 3.85. The molecular formula is C10H14BF3NO-. The Kier molecular flexibility index (Phi) is 4.21. The van der Waals surface area contributed by atoms with Crippen LogP contribution in [0.5, 0.6) is 5.75 Å². The molecule has 0 fully saturated rings. The summed E-state index contributed by atoms with van der Waals surface area (Å²) in [4.78, 5) is 3.53. The van der Waals surface area contributed by atoms with Gasteiger partial charge in [0.1, 0.15) is 5.75 Å². The number of aromatic nitrogens is 1. The Labute approximate surface area is 92.9 Å². The maximum Gasteiger partial charge on any atom is 0.511 e. The predicted octanol–water partition coefficient (Wildman–Crippen LogP) is 2.56. The third-order valence-corrected chi connectivity index (χ3v) is 2.34. The zero-order chi connectivity index (χ0) is 12.2. The van der Waals surface area contributed by atoms with E-state index in [1.165, 1.54) is 6.20 Å². The van der Waals surface area contributed by atoms with Gasteiger partial charge in [0.05, 0.1) is 12.8 Å². The minimum Gasteiger partial charge on any atom is -0.492 e. The van der Waals surface area contributed by atoms with Gasteiger partial charge in [-0.1, -0.05) is 25.7 Å². The predicted molar refractivity (Wildman–Crippen MR) is 57.9 cm³/mol. The van der Waals surface area contributed by atoms with E-state index >= 15 is 0 Å². The van der Waals surface area contributed by atoms with Crippen LogP contribution in [0.15, 0.2) is 18.5 Å². The van der Waals surface area contributed by atoms with Gasteiger partial charge in [0, 0.05) is 6.20 Å². The summed E-state index contributed by atoms with van der Waals surface area (Å²) in [5.74, 6) is 0.497. The first-order valence-corrected chi connectivity index (χ1v) is 5.21. The Morgan fingerprint density at radius 2 is 2.06 bits per heavy atom. The SMILES string of the molecule is CCC(C)COc1cncc([B-](F)(F)F)c1. The van der Waals surface area contributed by atoms with Crippen LogP contribution in [0.4, 0.5) is 12.9 Å². The maximum absolute atomic E-state index is 12.4. The van der Waals surface area contributed by atoms with Crippen LogP contribution in [0.1, 0.15) is 20.3 Å². The van der Waals surface area contributed by atoms with Crippen molar-refractivity contribution in [2.45, 2.75) is 20.3 Å². The van der Waals surface area contributed by atoms with Crippen molar-refractivity contribution in [3.05, 3.63) is 18.5 Å². The largest absolute Gasteiger partial charge is 0.511 e. The molecule has 0 saturated heterocycles. The fourth-order valence-electron chi connectivity index (χ4n) is 1.05. The molecule has 0 bridgehead atoms. The smallest absolute Gasteiger partial charge is 0.492 e. The summed E-state index contributed by atoms with van der Waals surface area (Å²) in [7, 11) is 0. The van der Waals surface area contributed by atoms with E-state index in [1.807, 2.05) is 13.8 Å². The van der Waals surface area contributed by atoms with Crippen LogP contribution < -0.4 is 10.2 Å². The molecule has 1 rings (SSSR count). The van der Waals surface area contributed by atoms with E-state index in [2.05, 4.69) is 4.98 Å². The molecule has 0 aromatic carbocycles. The summed E-state index contributed by atoms with van der Waals surface area (Å²) in [5.41, 5.74) is -0.721. The van der Waals surface area contributed by atoms with Gasteiger partial charge in [-0.05, 0) is 12.0 Å². The molecule has 0 spiro atoms. The number of pyridine rings is 1. The van der Waals surface area contributed by atoms with Gasteiger partial charge in [0.2, 0.25) is 0 Å². The van der Waals surface area contributed by atoms with Crippen molar-refractivity contribution in [3.63, 3.8) is 0 Å². The van der Waals surface area contributed by atoms with Crippen LogP contribution in [-0.4, -0.2) is 18.6 Å². The number of nitrogens with zero attached hydrogens (tertiary/aromatic N) is 1. The Morgan fingerprint density at radius 3 is 2.62 bits per heavy atom. The summed E-state index contributed by atoms with van der Waals surface area (Å²) >= 11 is 0. The molecule has 0 saturated carbocycles. The van der Waals surface area contributed by atoms with Crippen molar-refractivity contribution in [1.29, 1.82) is 0 Å². The van der Waals surface area contributed by atoms with Crippen molar-refractivity contribution >= 4 is 12.4 Å².